The minimum atomic E-state index is 1.07. The van der Waals surface area contributed by atoms with Crippen LogP contribution in [0.2, 0.25) is 0 Å². The van der Waals surface area contributed by atoms with E-state index < -0.39 is 0 Å². The minimum absolute atomic E-state index is 1.07. The summed E-state index contributed by atoms with van der Waals surface area (Å²) in [7, 11) is 0. The molecule has 1 aromatic heterocycles. The van der Waals surface area contributed by atoms with Crippen molar-refractivity contribution in [3.63, 3.8) is 0 Å². The normalized spacial score (nSPS) is 11.2. The van der Waals surface area contributed by atoms with Gasteiger partial charge in [0.25, 0.3) is 0 Å². The van der Waals surface area contributed by atoms with Crippen LogP contribution >= 0.6 is 0 Å². The van der Waals surface area contributed by atoms with Gasteiger partial charge in [0.1, 0.15) is 0 Å². The molecule has 0 saturated heterocycles. The van der Waals surface area contributed by atoms with E-state index in [2.05, 4.69) is 204 Å². The fraction of sp³-hybridized carbons (Fsp3) is 0. The van der Waals surface area contributed by atoms with Crippen LogP contribution in [0.4, 0.5) is 11.4 Å². The highest BCUT2D eigenvalue weighted by Crippen LogP contribution is 2.39. The average Bonchev–Trinajstić information content (AvgIpc) is 3.53. The van der Waals surface area contributed by atoms with Gasteiger partial charge in [0.2, 0.25) is 0 Å². The number of para-hydroxylation sites is 2. The number of rotatable bonds is 7. The molecule has 0 radical (unpaired) electrons. The quantitative estimate of drug-likeness (QED) is 0.184. The number of fused-ring (bicyclic) bond motifs is 3. The average molecular weight is 639 g/mol. The van der Waals surface area contributed by atoms with Crippen LogP contribution in [0.1, 0.15) is 0 Å². The number of aromatic nitrogens is 1. The molecule has 50 heavy (non-hydrogen) atoms. The van der Waals surface area contributed by atoms with Crippen molar-refractivity contribution in [2.24, 2.45) is 0 Å². The lowest BCUT2D eigenvalue weighted by Crippen LogP contribution is -1.96. The Bertz CT molecular complexity index is 2530. The van der Waals surface area contributed by atoms with Crippen molar-refractivity contribution in [2.75, 3.05) is 5.32 Å². The summed E-state index contributed by atoms with van der Waals surface area (Å²) in [5.74, 6) is 0. The first-order valence-electron chi connectivity index (χ1n) is 17.1. The van der Waals surface area contributed by atoms with E-state index >= 15 is 0 Å². The van der Waals surface area contributed by atoms with Crippen molar-refractivity contribution < 1.29 is 0 Å². The molecule has 2 heteroatoms. The number of nitrogens with one attached hydrogen (secondary N) is 1. The van der Waals surface area contributed by atoms with Crippen LogP contribution in [0.25, 0.3) is 72.0 Å². The van der Waals surface area contributed by atoms with Gasteiger partial charge < -0.3 is 9.88 Å². The summed E-state index contributed by atoms with van der Waals surface area (Å²) in [6, 6.07) is 71.8. The Labute approximate surface area is 292 Å². The molecule has 0 spiro atoms. The topological polar surface area (TPSA) is 17.0 Å². The third-order valence-electron chi connectivity index (χ3n) is 9.55. The Morgan fingerprint density at radius 2 is 0.840 bits per heavy atom. The highest BCUT2D eigenvalue weighted by Gasteiger charge is 2.16. The maximum absolute atomic E-state index is 3.65. The zero-order valence-electron chi connectivity index (χ0n) is 27.5. The first-order valence-corrected chi connectivity index (χ1v) is 17.1. The maximum atomic E-state index is 3.65. The van der Waals surface area contributed by atoms with E-state index in [0.717, 1.165) is 17.1 Å². The summed E-state index contributed by atoms with van der Waals surface area (Å²) in [6.45, 7) is 0. The Morgan fingerprint density at radius 1 is 0.320 bits per heavy atom. The molecule has 9 aromatic rings. The van der Waals surface area contributed by atoms with E-state index in [-0.39, 0.29) is 0 Å². The van der Waals surface area contributed by atoms with Gasteiger partial charge in [-0.15, -0.1) is 0 Å². The molecule has 2 nitrogen and oxygen atoms in total. The van der Waals surface area contributed by atoms with Crippen molar-refractivity contribution in [3.8, 4) is 50.2 Å². The second-order valence-corrected chi connectivity index (χ2v) is 12.7. The Kier molecular flexibility index (Phi) is 7.53. The molecule has 236 valence electrons. The van der Waals surface area contributed by atoms with Crippen molar-refractivity contribution in [1.82, 2.24) is 4.57 Å². The zero-order chi connectivity index (χ0) is 33.3. The van der Waals surface area contributed by atoms with Crippen LogP contribution < -0.4 is 5.32 Å². The van der Waals surface area contributed by atoms with Gasteiger partial charge in [-0.25, -0.2) is 0 Å². The largest absolute Gasteiger partial charge is 0.355 e. The van der Waals surface area contributed by atoms with Crippen LogP contribution in [-0.2, 0) is 0 Å². The molecular formula is C48H34N2. The standard InChI is InChI=1S/C48H34N2/c1-5-15-34(16-6-1)39-29-40(35-17-7-2-8-18-35)31-42(30-39)50-47-24-14-13-23-43(47)45-33-38(26-28-48(45)50)37-25-27-46(49-41-21-11-4-12-22-41)44(32-37)36-19-9-3-10-20-36/h1-33,49H. The predicted molar refractivity (Wildman–Crippen MR) is 212 cm³/mol. The first-order chi connectivity index (χ1) is 24.8. The fourth-order valence-electron chi connectivity index (χ4n) is 7.13. The molecule has 1 heterocycles. The van der Waals surface area contributed by atoms with Crippen LogP contribution in [0.3, 0.4) is 0 Å². The summed E-state index contributed by atoms with van der Waals surface area (Å²) >= 11 is 0. The monoisotopic (exact) mass is 638 g/mol. The molecule has 0 saturated carbocycles. The second kappa shape index (κ2) is 12.8. The van der Waals surface area contributed by atoms with Gasteiger partial charge in [0, 0.05) is 33.4 Å². The number of nitrogens with zero attached hydrogens (tertiary/aromatic N) is 1. The van der Waals surface area contributed by atoms with Gasteiger partial charge in [-0.3, -0.25) is 0 Å². The van der Waals surface area contributed by atoms with Crippen molar-refractivity contribution in [1.29, 1.82) is 0 Å². The molecule has 0 unspecified atom stereocenters. The Hall–Kier alpha value is -6.64. The maximum Gasteiger partial charge on any atom is 0.0541 e. The van der Waals surface area contributed by atoms with Gasteiger partial charge in [-0.1, -0.05) is 140 Å². The molecule has 0 aliphatic carbocycles. The molecule has 0 amide bonds. The van der Waals surface area contributed by atoms with Crippen molar-refractivity contribution in [2.45, 2.75) is 0 Å². The molecular weight excluding hydrogens is 605 g/mol. The Morgan fingerprint density at radius 3 is 1.50 bits per heavy atom. The molecule has 8 aromatic carbocycles. The lowest BCUT2D eigenvalue weighted by molar-refractivity contribution is 1.18. The predicted octanol–water partition coefficient (Wildman–Crippen LogP) is 13.2. The summed E-state index contributed by atoms with van der Waals surface area (Å²) in [6.07, 6.45) is 0. The van der Waals surface area contributed by atoms with Crippen molar-refractivity contribution >= 4 is 33.2 Å². The summed E-state index contributed by atoms with van der Waals surface area (Å²) in [5.41, 5.74) is 15.2. The Balaban J connectivity index is 1.21. The first kappa shape index (κ1) is 29.5. The number of hydrogen-bond donors (Lipinski definition) is 1. The highest BCUT2D eigenvalue weighted by molar-refractivity contribution is 6.10. The van der Waals surface area contributed by atoms with E-state index in [1.807, 2.05) is 6.07 Å². The van der Waals surface area contributed by atoms with E-state index in [4.69, 9.17) is 0 Å². The summed E-state index contributed by atoms with van der Waals surface area (Å²) in [5, 5.41) is 6.13. The van der Waals surface area contributed by atoms with Gasteiger partial charge in [0.15, 0.2) is 0 Å². The van der Waals surface area contributed by atoms with E-state index in [1.165, 1.54) is 66.3 Å². The molecule has 0 bridgehead atoms. The van der Waals surface area contributed by atoms with E-state index in [1.54, 1.807) is 0 Å². The SMILES string of the molecule is c1ccc(Nc2ccc(-c3ccc4c(c3)c3ccccc3n4-c3cc(-c4ccccc4)cc(-c4ccccc4)c3)cc2-c2ccccc2)cc1. The second-order valence-electron chi connectivity index (χ2n) is 12.7. The van der Waals surface area contributed by atoms with E-state index in [9.17, 15) is 0 Å². The van der Waals surface area contributed by atoms with Gasteiger partial charge in [-0.05, 0) is 99.6 Å². The lowest BCUT2D eigenvalue weighted by Gasteiger charge is -2.15. The van der Waals surface area contributed by atoms with Crippen LogP contribution in [0.15, 0.2) is 200 Å². The lowest BCUT2D eigenvalue weighted by atomic mass is 9.96. The summed E-state index contributed by atoms with van der Waals surface area (Å²) in [4.78, 5) is 0. The third kappa shape index (κ3) is 5.53. The van der Waals surface area contributed by atoms with Crippen LogP contribution in [0.5, 0.6) is 0 Å². The van der Waals surface area contributed by atoms with Crippen molar-refractivity contribution in [3.05, 3.63) is 200 Å². The van der Waals surface area contributed by atoms with Crippen LogP contribution in [-0.4, -0.2) is 4.57 Å². The molecule has 1 N–H and O–H groups in total. The number of benzene rings is 8. The van der Waals surface area contributed by atoms with Gasteiger partial charge in [-0.2, -0.15) is 0 Å². The van der Waals surface area contributed by atoms with Gasteiger partial charge >= 0.3 is 0 Å². The molecule has 0 aliphatic rings. The number of hydrogen-bond acceptors (Lipinski definition) is 1. The molecule has 0 aliphatic heterocycles. The molecule has 0 atom stereocenters. The number of anilines is 2. The third-order valence-corrected chi connectivity index (χ3v) is 9.55. The smallest absolute Gasteiger partial charge is 0.0541 e. The van der Waals surface area contributed by atoms with E-state index in [0.29, 0.717) is 0 Å². The zero-order valence-corrected chi connectivity index (χ0v) is 27.5. The van der Waals surface area contributed by atoms with Crippen LogP contribution in [0, 0.1) is 0 Å². The highest BCUT2D eigenvalue weighted by atomic mass is 15.0. The van der Waals surface area contributed by atoms with Gasteiger partial charge in [0.05, 0.1) is 11.0 Å². The molecule has 0 fully saturated rings. The summed E-state index contributed by atoms with van der Waals surface area (Å²) < 4.78 is 2.43. The molecule has 9 rings (SSSR count). The fourth-order valence-corrected chi connectivity index (χ4v) is 7.13. The minimum Gasteiger partial charge on any atom is -0.355 e.